The normalized spacial score (nSPS) is 11.1. The lowest BCUT2D eigenvalue weighted by molar-refractivity contribution is 0.629. The van der Waals surface area contributed by atoms with Crippen LogP contribution >= 0.6 is 39.1 Å². The molecule has 0 N–H and O–H groups in total. The molecule has 2 nitrogen and oxygen atoms in total. The van der Waals surface area contributed by atoms with Crippen LogP contribution in [0.4, 0.5) is 4.39 Å². The highest BCUT2D eigenvalue weighted by atomic mass is 79.9. The Kier molecular flexibility index (Phi) is 3.07. The second-order valence-electron chi connectivity index (χ2n) is 3.35. The van der Waals surface area contributed by atoms with Crippen LogP contribution in [-0.4, -0.2) is 9.97 Å². The van der Waals surface area contributed by atoms with Gasteiger partial charge in [0.2, 0.25) is 0 Å². The third-order valence-electron chi connectivity index (χ3n) is 2.27. The summed E-state index contributed by atoms with van der Waals surface area (Å²) in [5.41, 5.74) is 0.848. The lowest BCUT2D eigenvalue weighted by Gasteiger charge is -2.09. The maximum atomic E-state index is 13.9. The van der Waals surface area contributed by atoms with Crippen molar-refractivity contribution in [2.75, 3.05) is 0 Å². The van der Waals surface area contributed by atoms with Crippen LogP contribution in [0.2, 0.25) is 10.2 Å². The van der Waals surface area contributed by atoms with Gasteiger partial charge in [0, 0.05) is 5.39 Å². The molecular formula is C10H6BrCl2FN2. The van der Waals surface area contributed by atoms with Crippen molar-refractivity contribution < 1.29 is 4.39 Å². The highest BCUT2D eigenvalue weighted by Crippen LogP contribution is 2.37. The number of halogens is 4. The first-order valence-electron chi connectivity index (χ1n) is 4.40. The van der Waals surface area contributed by atoms with Crippen LogP contribution < -0.4 is 0 Å². The minimum absolute atomic E-state index is 0.186. The molecule has 16 heavy (non-hydrogen) atoms. The number of hydrogen-bond donors (Lipinski definition) is 0. The standard InChI is InChI=1S/C10H6BrCl2FN2/c1-3-5-9(8(14)6(11)7(3)12)15-4(2)16-10(5)13/h1-2H3. The zero-order valence-electron chi connectivity index (χ0n) is 8.41. The Hall–Kier alpha value is -0.450. The molecule has 0 amide bonds. The molecule has 0 bridgehead atoms. The van der Waals surface area contributed by atoms with Crippen molar-refractivity contribution >= 4 is 50.0 Å². The lowest BCUT2D eigenvalue weighted by atomic mass is 10.1. The fourth-order valence-electron chi connectivity index (χ4n) is 1.50. The Morgan fingerprint density at radius 3 is 2.44 bits per heavy atom. The monoisotopic (exact) mass is 322 g/mol. The summed E-state index contributed by atoms with van der Waals surface area (Å²) >= 11 is 15.0. The highest BCUT2D eigenvalue weighted by Gasteiger charge is 2.18. The molecule has 84 valence electrons. The molecule has 1 aromatic heterocycles. The van der Waals surface area contributed by atoms with Gasteiger partial charge in [0.15, 0.2) is 5.82 Å². The van der Waals surface area contributed by atoms with Crippen molar-refractivity contribution in [1.82, 2.24) is 9.97 Å². The van der Waals surface area contributed by atoms with Gasteiger partial charge in [-0.15, -0.1) is 0 Å². The minimum atomic E-state index is -0.516. The zero-order chi connectivity index (χ0) is 12.0. The van der Waals surface area contributed by atoms with E-state index in [-0.39, 0.29) is 15.1 Å². The van der Waals surface area contributed by atoms with Gasteiger partial charge in [0.05, 0.1) is 9.50 Å². The number of rotatable bonds is 0. The summed E-state index contributed by atoms with van der Waals surface area (Å²) in [6, 6.07) is 0. The zero-order valence-corrected chi connectivity index (χ0v) is 11.5. The smallest absolute Gasteiger partial charge is 0.165 e. The Bertz CT molecular complexity index is 601. The molecule has 0 aliphatic carbocycles. The molecule has 0 fully saturated rings. The van der Waals surface area contributed by atoms with Crippen molar-refractivity contribution in [3.05, 3.63) is 31.9 Å². The third kappa shape index (κ3) is 1.69. The molecule has 0 spiro atoms. The summed E-state index contributed by atoms with van der Waals surface area (Å²) in [6.45, 7) is 3.40. The van der Waals surface area contributed by atoms with Crippen molar-refractivity contribution in [2.24, 2.45) is 0 Å². The van der Waals surface area contributed by atoms with Crippen molar-refractivity contribution in [3.63, 3.8) is 0 Å². The van der Waals surface area contributed by atoms with E-state index < -0.39 is 5.82 Å². The quantitative estimate of drug-likeness (QED) is 0.528. The maximum absolute atomic E-state index is 13.9. The van der Waals surface area contributed by atoms with Crippen LogP contribution in [-0.2, 0) is 0 Å². The van der Waals surface area contributed by atoms with Gasteiger partial charge >= 0.3 is 0 Å². The van der Waals surface area contributed by atoms with Gasteiger partial charge in [0.1, 0.15) is 16.5 Å². The van der Waals surface area contributed by atoms with Crippen LogP contribution in [0.15, 0.2) is 4.47 Å². The highest BCUT2D eigenvalue weighted by molar-refractivity contribution is 9.10. The molecule has 0 radical (unpaired) electrons. The summed E-state index contributed by atoms with van der Waals surface area (Å²) in [7, 11) is 0. The van der Waals surface area contributed by atoms with Gasteiger partial charge in [-0.2, -0.15) is 0 Å². The maximum Gasteiger partial charge on any atom is 0.165 e. The summed E-state index contributed by atoms with van der Waals surface area (Å²) in [5.74, 6) is -0.0944. The first-order chi connectivity index (χ1) is 7.43. The van der Waals surface area contributed by atoms with Crippen LogP contribution in [0.25, 0.3) is 10.9 Å². The Morgan fingerprint density at radius 2 is 1.81 bits per heavy atom. The second kappa shape index (κ2) is 4.09. The fraction of sp³-hybridized carbons (Fsp3) is 0.200. The number of aryl methyl sites for hydroxylation is 2. The van der Waals surface area contributed by atoms with E-state index in [0.29, 0.717) is 21.8 Å². The molecule has 6 heteroatoms. The lowest BCUT2D eigenvalue weighted by Crippen LogP contribution is -1.97. The largest absolute Gasteiger partial charge is 0.230 e. The SMILES string of the molecule is Cc1nc(Cl)c2c(C)c(Cl)c(Br)c(F)c2n1. The molecule has 2 rings (SSSR count). The average molecular weight is 324 g/mol. The third-order valence-corrected chi connectivity index (χ3v) is 3.99. The van der Waals surface area contributed by atoms with E-state index in [9.17, 15) is 4.39 Å². The average Bonchev–Trinajstić information content (AvgIpc) is 2.22. The molecule has 1 heterocycles. The molecule has 1 aromatic carbocycles. The number of nitrogens with zero attached hydrogens (tertiary/aromatic N) is 2. The minimum Gasteiger partial charge on any atom is -0.230 e. The summed E-state index contributed by atoms with van der Waals surface area (Å²) in [5, 5.41) is 0.964. The van der Waals surface area contributed by atoms with Gasteiger partial charge < -0.3 is 0 Å². The van der Waals surface area contributed by atoms with E-state index in [2.05, 4.69) is 25.9 Å². The van der Waals surface area contributed by atoms with Crippen LogP contribution in [0.5, 0.6) is 0 Å². The number of aromatic nitrogens is 2. The number of fused-ring (bicyclic) bond motifs is 1. The first-order valence-corrected chi connectivity index (χ1v) is 5.95. The Balaban J connectivity index is 3.08. The van der Waals surface area contributed by atoms with E-state index >= 15 is 0 Å². The molecule has 0 atom stereocenters. The molecule has 0 unspecified atom stereocenters. The Labute approximate surface area is 110 Å². The van der Waals surface area contributed by atoms with Crippen molar-refractivity contribution in [1.29, 1.82) is 0 Å². The molecular weight excluding hydrogens is 318 g/mol. The van der Waals surface area contributed by atoms with Gasteiger partial charge in [-0.05, 0) is 35.3 Å². The van der Waals surface area contributed by atoms with E-state index in [1.54, 1.807) is 13.8 Å². The van der Waals surface area contributed by atoms with E-state index in [1.165, 1.54) is 0 Å². The van der Waals surface area contributed by atoms with Crippen LogP contribution in [0.1, 0.15) is 11.4 Å². The van der Waals surface area contributed by atoms with E-state index in [1.807, 2.05) is 0 Å². The molecule has 2 aromatic rings. The van der Waals surface area contributed by atoms with Gasteiger partial charge in [-0.1, -0.05) is 23.2 Å². The number of hydrogen-bond acceptors (Lipinski definition) is 2. The second-order valence-corrected chi connectivity index (χ2v) is 4.88. The Morgan fingerprint density at radius 1 is 1.19 bits per heavy atom. The van der Waals surface area contributed by atoms with Crippen molar-refractivity contribution in [2.45, 2.75) is 13.8 Å². The topological polar surface area (TPSA) is 25.8 Å². The summed E-state index contributed by atoms with van der Waals surface area (Å²) in [4.78, 5) is 8.03. The molecule has 0 aliphatic heterocycles. The molecule has 0 saturated carbocycles. The molecule has 0 aliphatic rings. The van der Waals surface area contributed by atoms with Crippen molar-refractivity contribution in [3.8, 4) is 0 Å². The van der Waals surface area contributed by atoms with Gasteiger partial charge in [0.25, 0.3) is 0 Å². The predicted molar refractivity (Wildman–Crippen MR) is 66.7 cm³/mol. The van der Waals surface area contributed by atoms with Gasteiger partial charge in [-0.25, -0.2) is 14.4 Å². The summed E-state index contributed by atoms with van der Waals surface area (Å²) in [6.07, 6.45) is 0. The van der Waals surface area contributed by atoms with Crippen LogP contribution in [0.3, 0.4) is 0 Å². The molecule has 0 saturated heterocycles. The van der Waals surface area contributed by atoms with Gasteiger partial charge in [-0.3, -0.25) is 0 Å². The summed E-state index contributed by atoms with van der Waals surface area (Å²) < 4.78 is 14.1. The van der Waals surface area contributed by atoms with Crippen LogP contribution in [0, 0.1) is 19.7 Å². The van der Waals surface area contributed by atoms with E-state index in [4.69, 9.17) is 23.2 Å². The van der Waals surface area contributed by atoms with E-state index in [0.717, 1.165) is 0 Å². The fourth-order valence-corrected chi connectivity index (χ4v) is 2.52. The predicted octanol–water partition coefficient (Wildman–Crippen LogP) is 4.46. The number of benzene rings is 1. The first kappa shape index (κ1) is 12.0.